The maximum absolute atomic E-state index is 4.73. The lowest BCUT2D eigenvalue weighted by Crippen LogP contribution is -1.95. The highest BCUT2D eigenvalue weighted by atomic mass is 14.8. The summed E-state index contributed by atoms with van der Waals surface area (Å²) in [4.78, 5) is 8.20. The zero-order chi connectivity index (χ0) is 21.1. The van der Waals surface area contributed by atoms with Crippen LogP contribution in [0, 0.1) is 0 Å². The highest BCUT2D eigenvalue weighted by Gasteiger charge is 2.23. The highest BCUT2D eigenvalue weighted by molar-refractivity contribution is 6.27. The fourth-order valence-electron chi connectivity index (χ4n) is 5.25. The average molecular weight is 409 g/mol. The van der Waals surface area contributed by atoms with E-state index in [1.807, 2.05) is 6.21 Å². The van der Waals surface area contributed by atoms with E-state index in [0.717, 1.165) is 17.6 Å². The Balaban J connectivity index is 1.50. The Morgan fingerprint density at radius 1 is 0.719 bits per heavy atom. The standard InChI is InChI=1S/C30H20N2/c1-2-8-22-19(7-1)15-21-16-20(13-14-23(21)22)30(26-17-31-28-11-5-3-9-24(26)28)27-18-32-29-12-6-4-10-25(27)29/h1-14,16-18,31H,15H2/b30-27+. The summed E-state index contributed by atoms with van der Waals surface area (Å²) in [6, 6.07) is 32.6. The van der Waals surface area contributed by atoms with Gasteiger partial charge in [-0.05, 0) is 46.4 Å². The van der Waals surface area contributed by atoms with Gasteiger partial charge in [0.2, 0.25) is 0 Å². The molecule has 1 aliphatic heterocycles. The van der Waals surface area contributed by atoms with Crippen molar-refractivity contribution in [3.05, 3.63) is 125 Å². The first kappa shape index (κ1) is 17.5. The number of aromatic nitrogens is 1. The number of benzene rings is 4. The Labute approximate surface area is 186 Å². The number of fused-ring (bicyclic) bond motifs is 5. The molecule has 0 unspecified atom stereocenters. The van der Waals surface area contributed by atoms with Gasteiger partial charge in [-0.3, -0.25) is 4.99 Å². The third-order valence-electron chi connectivity index (χ3n) is 6.74. The summed E-state index contributed by atoms with van der Waals surface area (Å²) in [5, 5.41) is 1.23. The van der Waals surface area contributed by atoms with E-state index in [1.165, 1.54) is 55.5 Å². The lowest BCUT2D eigenvalue weighted by atomic mass is 9.88. The lowest BCUT2D eigenvalue weighted by molar-refractivity contribution is 1.26. The van der Waals surface area contributed by atoms with E-state index in [9.17, 15) is 0 Å². The van der Waals surface area contributed by atoms with E-state index < -0.39 is 0 Å². The van der Waals surface area contributed by atoms with E-state index in [1.54, 1.807) is 0 Å². The number of para-hydroxylation sites is 2. The molecule has 4 aromatic carbocycles. The summed E-state index contributed by atoms with van der Waals surface area (Å²) in [6.45, 7) is 0. The molecular formula is C30H20N2. The molecule has 0 saturated carbocycles. The van der Waals surface area contributed by atoms with Crippen molar-refractivity contribution in [1.82, 2.24) is 4.98 Å². The Hall–Kier alpha value is -4.17. The normalized spacial score (nSPS) is 15.0. The van der Waals surface area contributed by atoms with Gasteiger partial charge in [0.05, 0.1) is 5.69 Å². The predicted molar refractivity (Wildman–Crippen MR) is 133 cm³/mol. The minimum absolute atomic E-state index is 0.987. The molecule has 0 radical (unpaired) electrons. The van der Waals surface area contributed by atoms with E-state index in [2.05, 4.69) is 102 Å². The number of aromatic amines is 1. The number of hydrogen-bond acceptors (Lipinski definition) is 1. The summed E-state index contributed by atoms with van der Waals surface area (Å²) in [6.07, 6.45) is 5.16. The van der Waals surface area contributed by atoms with Crippen molar-refractivity contribution < 1.29 is 0 Å². The zero-order valence-corrected chi connectivity index (χ0v) is 17.5. The van der Waals surface area contributed by atoms with Gasteiger partial charge < -0.3 is 4.98 Å². The van der Waals surface area contributed by atoms with Crippen LogP contribution in [0.4, 0.5) is 5.69 Å². The number of nitrogens with zero attached hydrogens (tertiary/aromatic N) is 1. The third kappa shape index (κ3) is 2.50. The van der Waals surface area contributed by atoms with E-state index >= 15 is 0 Å². The molecule has 0 spiro atoms. The highest BCUT2D eigenvalue weighted by Crippen LogP contribution is 2.43. The maximum Gasteiger partial charge on any atom is 0.0709 e. The molecule has 150 valence electrons. The molecule has 0 fully saturated rings. The number of allylic oxidation sites excluding steroid dienone is 1. The summed E-state index contributed by atoms with van der Waals surface area (Å²) < 4.78 is 0. The predicted octanol–water partition coefficient (Wildman–Crippen LogP) is 7.41. The first-order valence-corrected chi connectivity index (χ1v) is 11.0. The summed E-state index contributed by atoms with van der Waals surface area (Å²) >= 11 is 0. The van der Waals surface area contributed by atoms with Gasteiger partial charge in [0.15, 0.2) is 0 Å². The van der Waals surface area contributed by atoms with Crippen LogP contribution in [0.25, 0.3) is 33.2 Å². The largest absolute Gasteiger partial charge is 0.361 e. The van der Waals surface area contributed by atoms with E-state index in [4.69, 9.17) is 4.99 Å². The maximum atomic E-state index is 4.73. The Morgan fingerprint density at radius 2 is 1.50 bits per heavy atom. The molecule has 2 aliphatic rings. The molecule has 1 aliphatic carbocycles. The van der Waals surface area contributed by atoms with Crippen LogP contribution < -0.4 is 0 Å². The minimum atomic E-state index is 0.987. The smallest absolute Gasteiger partial charge is 0.0709 e. The second-order valence-electron chi connectivity index (χ2n) is 8.52. The Bertz CT molecular complexity index is 1600. The van der Waals surface area contributed by atoms with Crippen LogP contribution in [0.2, 0.25) is 0 Å². The molecule has 0 bridgehead atoms. The van der Waals surface area contributed by atoms with Crippen molar-refractivity contribution in [3.8, 4) is 11.1 Å². The van der Waals surface area contributed by atoms with Gasteiger partial charge in [-0.2, -0.15) is 0 Å². The molecule has 2 heteroatoms. The molecule has 2 heterocycles. The van der Waals surface area contributed by atoms with Gasteiger partial charge >= 0.3 is 0 Å². The molecular weight excluding hydrogens is 388 g/mol. The van der Waals surface area contributed by atoms with E-state index in [0.29, 0.717) is 0 Å². The van der Waals surface area contributed by atoms with Gasteiger partial charge in [-0.15, -0.1) is 0 Å². The quantitative estimate of drug-likeness (QED) is 0.309. The molecule has 1 aromatic heterocycles. The van der Waals surface area contributed by atoms with Crippen LogP contribution in [0.15, 0.2) is 102 Å². The molecule has 7 rings (SSSR count). The molecule has 0 saturated heterocycles. The fraction of sp³-hybridized carbons (Fsp3) is 0.0333. The number of aliphatic imine (C=N–C) groups is 1. The first-order chi connectivity index (χ1) is 15.9. The summed E-state index contributed by atoms with van der Waals surface area (Å²) in [5.41, 5.74) is 13.8. The van der Waals surface area contributed by atoms with Crippen LogP contribution in [-0.2, 0) is 6.42 Å². The topological polar surface area (TPSA) is 28.1 Å². The Morgan fingerprint density at radius 3 is 2.47 bits per heavy atom. The zero-order valence-electron chi connectivity index (χ0n) is 17.5. The van der Waals surface area contributed by atoms with Gasteiger partial charge in [-0.1, -0.05) is 78.9 Å². The number of hydrogen-bond donors (Lipinski definition) is 1. The summed E-state index contributed by atoms with van der Waals surface area (Å²) in [7, 11) is 0. The van der Waals surface area contributed by atoms with Crippen molar-refractivity contribution in [2.45, 2.75) is 6.42 Å². The second kappa shape index (κ2) is 6.66. The molecule has 0 amide bonds. The van der Waals surface area contributed by atoms with Crippen LogP contribution in [0.3, 0.4) is 0 Å². The first-order valence-electron chi connectivity index (χ1n) is 11.0. The van der Waals surface area contributed by atoms with Crippen molar-refractivity contribution in [2.75, 3.05) is 0 Å². The van der Waals surface area contributed by atoms with Crippen LogP contribution in [0.1, 0.15) is 27.8 Å². The third-order valence-corrected chi connectivity index (χ3v) is 6.74. The van der Waals surface area contributed by atoms with Crippen molar-refractivity contribution in [3.63, 3.8) is 0 Å². The van der Waals surface area contributed by atoms with Gasteiger partial charge in [0.1, 0.15) is 0 Å². The van der Waals surface area contributed by atoms with Gasteiger partial charge in [-0.25, -0.2) is 0 Å². The Kier molecular flexibility index (Phi) is 3.65. The van der Waals surface area contributed by atoms with E-state index in [-0.39, 0.29) is 0 Å². The molecule has 32 heavy (non-hydrogen) atoms. The van der Waals surface area contributed by atoms with Gasteiger partial charge in [0, 0.05) is 45.6 Å². The molecule has 1 N–H and O–H groups in total. The second-order valence-corrected chi connectivity index (χ2v) is 8.52. The number of nitrogens with one attached hydrogen (secondary N) is 1. The lowest BCUT2D eigenvalue weighted by Gasteiger charge is -2.14. The SMILES string of the molecule is C1=Nc2ccccc2/C1=C(\c1ccc2c(c1)Cc1ccccc1-2)c1c[nH]c2ccccc12. The number of H-pyrrole nitrogens is 1. The van der Waals surface area contributed by atoms with Crippen LogP contribution >= 0.6 is 0 Å². The van der Waals surface area contributed by atoms with Crippen molar-refractivity contribution in [2.24, 2.45) is 4.99 Å². The van der Waals surface area contributed by atoms with Crippen LogP contribution in [0.5, 0.6) is 0 Å². The van der Waals surface area contributed by atoms with Crippen molar-refractivity contribution >= 4 is 34.0 Å². The van der Waals surface area contributed by atoms with Crippen molar-refractivity contribution in [1.29, 1.82) is 0 Å². The minimum Gasteiger partial charge on any atom is -0.361 e. The van der Waals surface area contributed by atoms with Gasteiger partial charge in [0.25, 0.3) is 0 Å². The molecule has 5 aromatic rings. The number of rotatable bonds is 2. The molecule has 2 nitrogen and oxygen atoms in total. The molecule has 0 atom stereocenters. The average Bonchev–Trinajstić information content (AvgIpc) is 3.55. The summed E-state index contributed by atoms with van der Waals surface area (Å²) in [5.74, 6) is 0. The fourth-order valence-corrected chi connectivity index (χ4v) is 5.25. The van der Waals surface area contributed by atoms with Crippen LogP contribution in [-0.4, -0.2) is 11.2 Å². The monoisotopic (exact) mass is 408 g/mol.